The number of aryl methyl sites for hydroxylation is 1. The highest BCUT2D eigenvalue weighted by molar-refractivity contribution is 5.99. The molecule has 0 saturated carbocycles. The van der Waals surface area contributed by atoms with Crippen molar-refractivity contribution in [3.8, 4) is 0 Å². The van der Waals surface area contributed by atoms with Crippen LogP contribution >= 0.6 is 0 Å². The summed E-state index contributed by atoms with van der Waals surface area (Å²) in [5.74, 6) is 0.859. The molecule has 0 aliphatic carbocycles. The van der Waals surface area contributed by atoms with Crippen LogP contribution < -0.4 is 10.6 Å². The van der Waals surface area contributed by atoms with Crippen molar-refractivity contribution < 1.29 is 0 Å². The van der Waals surface area contributed by atoms with Gasteiger partial charge in [0.2, 0.25) is 0 Å². The van der Waals surface area contributed by atoms with Gasteiger partial charge in [-0.3, -0.25) is 5.41 Å². The summed E-state index contributed by atoms with van der Waals surface area (Å²) < 4.78 is 0. The maximum Gasteiger partial charge on any atom is 0.139 e. The van der Waals surface area contributed by atoms with Crippen LogP contribution in [0.3, 0.4) is 0 Å². The van der Waals surface area contributed by atoms with Crippen molar-refractivity contribution in [1.29, 1.82) is 5.41 Å². The van der Waals surface area contributed by atoms with E-state index in [1.165, 1.54) is 0 Å². The fraction of sp³-hybridized carbons (Fsp3) is 0.538. The molecule has 0 fully saturated rings. The summed E-state index contributed by atoms with van der Waals surface area (Å²) in [5, 5.41) is 7.59. The van der Waals surface area contributed by atoms with Gasteiger partial charge in [-0.15, -0.1) is 0 Å². The number of pyridine rings is 1. The molecule has 0 saturated heterocycles. The number of hydrogen-bond acceptors (Lipinski definition) is 4. The van der Waals surface area contributed by atoms with Crippen molar-refractivity contribution in [2.24, 2.45) is 5.73 Å². The van der Waals surface area contributed by atoms with Crippen LogP contribution in [0.1, 0.15) is 17.7 Å². The maximum atomic E-state index is 7.59. The quantitative estimate of drug-likeness (QED) is 0.584. The van der Waals surface area contributed by atoms with E-state index < -0.39 is 0 Å². The van der Waals surface area contributed by atoms with Crippen molar-refractivity contribution in [2.75, 3.05) is 39.1 Å². The number of rotatable bonds is 6. The van der Waals surface area contributed by atoms with E-state index in [1.54, 1.807) is 0 Å². The second kappa shape index (κ2) is 6.35. The second-order valence-corrected chi connectivity index (χ2v) is 4.82. The number of nitrogens with zero attached hydrogens (tertiary/aromatic N) is 3. The Morgan fingerprint density at radius 3 is 2.50 bits per heavy atom. The van der Waals surface area contributed by atoms with Crippen molar-refractivity contribution in [1.82, 2.24) is 9.88 Å². The Kier molecular flexibility index (Phi) is 5.09. The molecule has 0 atom stereocenters. The van der Waals surface area contributed by atoms with Crippen LogP contribution in [0.5, 0.6) is 0 Å². The topological polar surface area (TPSA) is 69.2 Å². The lowest BCUT2D eigenvalue weighted by Gasteiger charge is -2.22. The molecule has 0 spiro atoms. The van der Waals surface area contributed by atoms with Crippen LogP contribution in [0.25, 0.3) is 0 Å². The normalized spacial score (nSPS) is 10.7. The fourth-order valence-electron chi connectivity index (χ4n) is 1.77. The van der Waals surface area contributed by atoms with Crippen molar-refractivity contribution in [3.63, 3.8) is 0 Å². The summed E-state index contributed by atoms with van der Waals surface area (Å²) in [6.45, 7) is 3.88. The molecule has 0 aliphatic rings. The van der Waals surface area contributed by atoms with Crippen LogP contribution in [0.4, 0.5) is 5.82 Å². The summed E-state index contributed by atoms with van der Waals surface area (Å²) in [4.78, 5) is 8.70. The Hall–Kier alpha value is -1.62. The van der Waals surface area contributed by atoms with E-state index in [-0.39, 0.29) is 5.84 Å². The van der Waals surface area contributed by atoms with Gasteiger partial charge < -0.3 is 15.5 Å². The predicted molar refractivity (Wildman–Crippen MR) is 76.4 cm³/mol. The number of nitrogens with two attached hydrogens (primary N) is 1. The number of hydrogen-bond donors (Lipinski definition) is 2. The van der Waals surface area contributed by atoms with Gasteiger partial charge in [-0.1, -0.05) is 0 Å². The van der Waals surface area contributed by atoms with Gasteiger partial charge in [0.15, 0.2) is 0 Å². The van der Waals surface area contributed by atoms with Gasteiger partial charge in [0.1, 0.15) is 11.7 Å². The third-order valence-corrected chi connectivity index (χ3v) is 2.76. The Bertz CT molecular complexity index is 414. The molecule has 1 rings (SSSR count). The van der Waals surface area contributed by atoms with Gasteiger partial charge in [-0.05, 0) is 46.1 Å². The van der Waals surface area contributed by atoms with E-state index in [0.29, 0.717) is 5.56 Å². The number of amidine groups is 1. The lowest BCUT2D eigenvalue weighted by molar-refractivity contribution is 0.401. The zero-order chi connectivity index (χ0) is 13.7. The first-order valence-corrected chi connectivity index (χ1v) is 6.09. The molecule has 0 unspecified atom stereocenters. The minimum absolute atomic E-state index is 0.0666. The lowest BCUT2D eigenvalue weighted by Crippen LogP contribution is -2.27. The molecule has 0 aliphatic heterocycles. The highest BCUT2D eigenvalue weighted by Crippen LogP contribution is 2.17. The molecule has 1 aromatic heterocycles. The average molecular weight is 249 g/mol. The smallest absolute Gasteiger partial charge is 0.139 e. The molecule has 100 valence electrons. The van der Waals surface area contributed by atoms with Crippen molar-refractivity contribution in [3.05, 3.63) is 23.4 Å². The molecule has 0 amide bonds. The molecule has 18 heavy (non-hydrogen) atoms. The second-order valence-electron chi connectivity index (χ2n) is 4.82. The number of nitrogen functional groups attached to an aromatic ring is 1. The molecule has 5 nitrogen and oxygen atoms in total. The molecule has 0 radical (unpaired) electrons. The first-order valence-electron chi connectivity index (χ1n) is 6.09. The van der Waals surface area contributed by atoms with Gasteiger partial charge in [-0.25, -0.2) is 4.98 Å². The number of aromatic nitrogens is 1. The van der Waals surface area contributed by atoms with Gasteiger partial charge in [0.05, 0.1) is 5.56 Å². The average Bonchev–Trinajstić information content (AvgIpc) is 2.27. The third-order valence-electron chi connectivity index (χ3n) is 2.76. The molecule has 1 heterocycles. The molecule has 5 heteroatoms. The first-order chi connectivity index (χ1) is 8.41. The van der Waals surface area contributed by atoms with Gasteiger partial charge in [0, 0.05) is 19.3 Å². The molecular weight excluding hydrogens is 226 g/mol. The minimum Gasteiger partial charge on any atom is -0.384 e. The molecular formula is C13H23N5. The van der Waals surface area contributed by atoms with E-state index >= 15 is 0 Å². The monoisotopic (exact) mass is 249 g/mol. The Morgan fingerprint density at radius 2 is 1.94 bits per heavy atom. The van der Waals surface area contributed by atoms with E-state index in [0.717, 1.165) is 31.0 Å². The summed E-state index contributed by atoms with van der Waals surface area (Å²) in [6.07, 6.45) is 1.05. The largest absolute Gasteiger partial charge is 0.384 e. The highest BCUT2D eigenvalue weighted by atomic mass is 15.2. The fourth-order valence-corrected chi connectivity index (χ4v) is 1.77. The molecule has 1 aromatic rings. The van der Waals surface area contributed by atoms with E-state index in [2.05, 4.69) is 28.9 Å². The first kappa shape index (κ1) is 14.4. The summed E-state index contributed by atoms with van der Waals surface area (Å²) in [6, 6.07) is 3.75. The maximum absolute atomic E-state index is 7.59. The zero-order valence-corrected chi connectivity index (χ0v) is 11.7. The summed E-state index contributed by atoms with van der Waals surface area (Å²) >= 11 is 0. The Morgan fingerprint density at radius 1 is 1.28 bits per heavy atom. The van der Waals surface area contributed by atoms with Crippen molar-refractivity contribution in [2.45, 2.75) is 13.3 Å². The van der Waals surface area contributed by atoms with Crippen molar-refractivity contribution >= 4 is 11.7 Å². The van der Waals surface area contributed by atoms with Crippen LogP contribution in [-0.2, 0) is 0 Å². The molecule has 0 bridgehead atoms. The Labute approximate surface area is 109 Å². The van der Waals surface area contributed by atoms with Crippen LogP contribution in [-0.4, -0.2) is 50.0 Å². The van der Waals surface area contributed by atoms with Crippen LogP contribution in [0.15, 0.2) is 12.1 Å². The van der Waals surface area contributed by atoms with Gasteiger partial charge in [0.25, 0.3) is 0 Å². The summed E-state index contributed by atoms with van der Waals surface area (Å²) in [7, 11) is 6.11. The van der Waals surface area contributed by atoms with Crippen LogP contribution in [0.2, 0.25) is 0 Å². The molecule has 3 N–H and O–H groups in total. The Balaban J connectivity index is 2.80. The number of anilines is 1. The van der Waals surface area contributed by atoms with Crippen LogP contribution in [0, 0.1) is 12.3 Å². The third kappa shape index (κ3) is 4.00. The zero-order valence-electron chi connectivity index (χ0n) is 11.7. The SMILES string of the molecule is Cc1ccc(C(=N)N)c(N(C)CCCN(C)C)n1. The number of nitrogens with one attached hydrogen (secondary N) is 1. The van der Waals surface area contributed by atoms with E-state index in [9.17, 15) is 0 Å². The van der Waals surface area contributed by atoms with Gasteiger partial charge >= 0.3 is 0 Å². The van der Waals surface area contributed by atoms with Gasteiger partial charge in [-0.2, -0.15) is 0 Å². The highest BCUT2D eigenvalue weighted by Gasteiger charge is 2.11. The summed E-state index contributed by atoms with van der Waals surface area (Å²) in [5.41, 5.74) is 7.23. The lowest BCUT2D eigenvalue weighted by atomic mass is 10.2. The van der Waals surface area contributed by atoms with E-state index in [4.69, 9.17) is 11.1 Å². The van der Waals surface area contributed by atoms with E-state index in [1.807, 2.05) is 26.1 Å². The molecule has 0 aromatic carbocycles. The minimum atomic E-state index is 0.0666. The predicted octanol–water partition coefficient (Wildman–Crippen LogP) is 1.06. The standard InChI is InChI=1S/C13H23N5/c1-10-6-7-11(12(14)15)13(16-10)18(4)9-5-8-17(2)3/h6-7H,5,8-9H2,1-4H3,(H3,14,15).